The molecule has 460 valence electrons. The third kappa shape index (κ3) is 13.7. The maximum absolute atomic E-state index is 14.1. The number of nitro benzene ring substituents is 1. The fraction of sp³-hybridized carbons (Fsp3) is 0.464. The Morgan fingerprint density at radius 2 is 1.05 bits per heavy atom. The summed E-state index contributed by atoms with van der Waals surface area (Å²) in [5, 5.41) is 41.0. The molecule has 86 heavy (non-hydrogen) atoms. The molecule has 6 saturated heterocycles. The second-order valence-electron chi connectivity index (χ2n) is 22.2. The molecular weight excluding hydrogens is 1150 g/mol. The third-order valence-electron chi connectivity index (χ3n) is 16.9. The number of ether oxygens (including phenoxy) is 3. The molecular formula is C56H61F6N11O13. The number of carbonyl (C=O) groups is 6. The lowest BCUT2D eigenvalue weighted by molar-refractivity contribution is -0.384. The molecule has 0 spiro atoms. The highest BCUT2D eigenvalue weighted by molar-refractivity contribution is 5.92. The van der Waals surface area contributed by atoms with Crippen molar-refractivity contribution in [2.45, 2.75) is 62.0 Å². The van der Waals surface area contributed by atoms with E-state index in [1.54, 1.807) is 11.0 Å². The fourth-order valence-electron chi connectivity index (χ4n) is 12.2. The van der Waals surface area contributed by atoms with E-state index >= 15 is 0 Å². The van der Waals surface area contributed by atoms with Crippen LogP contribution in [0.3, 0.4) is 0 Å². The van der Waals surface area contributed by atoms with Gasteiger partial charge in [-0.15, -0.1) is 0 Å². The van der Waals surface area contributed by atoms with Gasteiger partial charge in [0.2, 0.25) is 0 Å². The zero-order valence-electron chi connectivity index (χ0n) is 46.0. The molecule has 2 aromatic heterocycles. The van der Waals surface area contributed by atoms with Crippen molar-refractivity contribution in [3.63, 3.8) is 0 Å². The van der Waals surface area contributed by atoms with Gasteiger partial charge in [0.05, 0.1) is 26.9 Å². The van der Waals surface area contributed by atoms with Crippen LogP contribution in [-0.2, 0) is 55.3 Å². The van der Waals surface area contributed by atoms with E-state index in [4.69, 9.17) is 25.7 Å². The van der Waals surface area contributed by atoms with E-state index in [1.807, 2.05) is 4.90 Å². The second-order valence-corrected chi connectivity index (χ2v) is 22.2. The van der Waals surface area contributed by atoms with Crippen molar-refractivity contribution in [2.75, 3.05) is 78.8 Å². The van der Waals surface area contributed by atoms with Crippen molar-refractivity contribution < 1.29 is 84.5 Å². The van der Waals surface area contributed by atoms with Crippen molar-refractivity contribution in [1.82, 2.24) is 39.6 Å². The number of aliphatic carboxylic acids is 2. The molecule has 3 aromatic carbocycles. The van der Waals surface area contributed by atoms with Crippen LogP contribution in [0.25, 0.3) is 0 Å². The number of rotatable bonds is 12. The molecule has 8 heterocycles. The molecule has 4 atom stereocenters. The molecule has 24 nitrogen and oxygen atoms in total. The van der Waals surface area contributed by atoms with Crippen LogP contribution in [0.4, 0.5) is 41.6 Å². The predicted molar refractivity (Wildman–Crippen MR) is 287 cm³/mol. The number of nitro groups is 1. The summed E-state index contributed by atoms with van der Waals surface area (Å²) in [7, 11) is 0. The Balaban J connectivity index is 0.000000162. The van der Waals surface area contributed by atoms with E-state index in [-0.39, 0.29) is 128 Å². The number of carbonyl (C=O) groups excluding carboxylic acids is 4. The van der Waals surface area contributed by atoms with E-state index in [1.165, 1.54) is 67.0 Å². The number of halogens is 6. The molecule has 5 aromatic rings. The summed E-state index contributed by atoms with van der Waals surface area (Å²) >= 11 is 0. The van der Waals surface area contributed by atoms with Gasteiger partial charge in [-0.2, -0.15) is 45.9 Å². The highest BCUT2D eigenvalue weighted by Crippen LogP contribution is 2.43. The van der Waals surface area contributed by atoms with E-state index in [9.17, 15) is 75.4 Å². The lowest BCUT2D eigenvalue weighted by Crippen LogP contribution is -2.41. The summed E-state index contributed by atoms with van der Waals surface area (Å²) in [4.78, 5) is 86.1. The normalized spacial score (nSPS) is 21.7. The van der Waals surface area contributed by atoms with Crippen LogP contribution in [0.5, 0.6) is 5.75 Å². The van der Waals surface area contributed by atoms with Crippen molar-refractivity contribution in [3.8, 4) is 5.75 Å². The number of likely N-dealkylation sites (tertiary alicyclic amines) is 3. The van der Waals surface area contributed by atoms with Crippen LogP contribution >= 0.6 is 0 Å². The molecule has 6 aliphatic rings. The zero-order valence-corrected chi connectivity index (χ0v) is 46.0. The van der Waals surface area contributed by atoms with Gasteiger partial charge >= 0.3 is 36.4 Å². The Labute approximate surface area is 486 Å². The maximum Gasteiger partial charge on any atom is 0.440 e. The van der Waals surface area contributed by atoms with Gasteiger partial charge in [-0.3, -0.25) is 39.1 Å². The molecule has 30 heteroatoms. The quantitative estimate of drug-likeness (QED) is 0.0577. The van der Waals surface area contributed by atoms with Crippen molar-refractivity contribution in [3.05, 3.63) is 140 Å². The first kappa shape index (κ1) is 62.2. The number of carboxylic acids is 2. The molecule has 0 radical (unpaired) electrons. The summed E-state index contributed by atoms with van der Waals surface area (Å²) in [5.74, 6) is -2.43. The fourth-order valence-corrected chi connectivity index (χ4v) is 12.2. The van der Waals surface area contributed by atoms with Crippen LogP contribution in [0.15, 0.2) is 85.2 Å². The number of nitrogens with one attached hydrogen (secondary N) is 1. The highest BCUT2D eigenvalue weighted by Gasteiger charge is 2.47. The largest absolute Gasteiger partial charge is 0.481 e. The Hall–Kier alpha value is -8.32. The van der Waals surface area contributed by atoms with Crippen LogP contribution in [0.1, 0.15) is 80.0 Å². The first-order valence-corrected chi connectivity index (χ1v) is 27.4. The van der Waals surface area contributed by atoms with Gasteiger partial charge in [0.15, 0.2) is 11.4 Å². The molecule has 6 fully saturated rings. The SMILES string of the molecule is NC(=O)c1ccn(C(=O)N2CC3CN(Cc4ccc(C5(C(=O)O)CCOCC5)cc4C(F)(F)F)CC3C2)n1.NC(=O)c1ccn(C(=O)Oc2ccc([N+](=O)[O-])cc2)n1.O=C(O)C1(c2ccc(CN3CC4CNCC4C3)c(C(F)(F)F)c2)CCOCC1. The van der Waals surface area contributed by atoms with E-state index in [0.29, 0.717) is 38.0 Å². The van der Waals surface area contributed by atoms with E-state index < -0.39 is 69.1 Å². The topological polar surface area (TPSA) is 323 Å². The number of hydrogen-bond donors (Lipinski definition) is 5. The minimum Gasteiger partial charge on any atom is -0.481 e. The lowest BCUT2D eigenvalue weighted by Gasteiger charge is -2.34. The number of carboxylic acid groups (broad SMARTS) is 2. The molecule has 3 amide bonds. The minimum atomic E-state index is -4.64. The van der Waals surface area contributed by atoms with Crippen LogP contribution in [-0.4, -0.2) is 164 Å². The van der Waals surface area contributed by atoms with Crippen LogP contribution < -0.4 is 21.5 Å². The number of fused-ring (bicyclic) bond motifs is 2. The maximum atomic E-state index is 14.1. The lowest BCUT2D eigenvalue weighted by atomic mass is 9.73. The van der Waals surface area contributed by atoms with Gasteiger partial charge in [-0.05, 0) is 121 Å². The Bertz CT molecular complexity index is 3340. The Morgan fingerprint density at radius 3 is 1.44 bits per heavy atom. The molecule has 4 unspecified atom stereocenters. The van der Waals surface area contributed by atoms with Crippen molar-refractivity contribution in [1.29, 1.82) is 0 Å². The first-order chi connectivity index (χ1) is 40.7. The zero-order chi connectivity index (χ0) is 61.9. The van der Waals surface area contributed by atoms with Gasteiger partial charge in [0, 0.05) is 103 Å². The summed E-state index contributed by atoms with van der Waals surface area (Å²) in [6.45, 7) is 6.50. The van der Waals surface area contributed by atoms with Gasteiger partial charge < -0.3 is 46.1 Å². The molecule has 0 aliphatic carbocycles. The number of nitrogens with two attached hydrogens (primary N) is 2. The van der Waals surface area contributed by atoms with Gasteiger partial charge in [0.1, 0.15) is 5.75 Å². The molecule has 11 rings (SSSR count). The summed E-state index contributed by atoms with van der Waals surface area (Å²) in [5.41, 5.74) is 6.41. The average Bonchev–Trinajstić information content (AvgIpc) is 1.62. The summed E-state index contributed by atoms with van der Waals surface area (Å²) in [6.07, 6.45) is -6.84. The number of benzene rings is 3. The number of hydrogen-bond acceptors (Lipinski definition) is 16. The monoisotopic (exact) mass is 1210 g/mol. The van der Waals surface area contributed by atoms with Gasteiger partial charge in [-0.1, -0.05) is 24.3 Å². The predicted octanol–water partition coefficient (Wildman–Crippen LogP) is 5.59. The number of aromatic nitrogens is 4. The minimum absolute atomic E-state index is 0.0125. The number of primary amides is 2. The highest BCUT2D eigenvalue weighted by atomic mass is 19.4. The number of non-ortho nitro benzene ring substituents is 1. The number of amides is 3. The third-order valence-corrected chi connectivity index (χ3v) is 16.9. The second kappa shape index (κ2) is 25.3. The van der Waals surface area contributed by atoms with Crippen LogP contribution in [0, 0.1) is 33.8 Å². The smallest absolute Gasteiger partial charge is 0.440 e. The molecule has 7 N–H and O–H groups in total. The first-order valence-electron chi connectivity index (χ1n) is 27.4. The number of alkyl halides is 6. The van der Waals surface area contributed by atoms with E-state index in [2.05, 4.69) is 20.4 Å². The Kier molecular flexibility index (Phi) is 18.3. The van der Waals surface area contributed by atoms with Gasteiger partial charge in [-0.25, -0.2) is 9.59 Å². The van der Waals surface area contributed by atoms with Gasteiger partial charge in [0.25, 0.3) is 17.5 Å². The molecule has 0 saturated carbocycles. The summed E-state index contributed by atoms with van der Waals surface area (Å²) in [6, 6.07) is 15.2. The van der Waals surface area contributed by atoms with Crippen molar-refractivity contribution in [2.24, 2.45) is 35.1 Å². The average molecular weight is 1210 g/mol. The Morgan fingerprint density at radius 1 is 0.628 bits per heavy atom. The standard InChI is InChI=1S/C25H28F3N5O5.C20H25F3N2O3.C11H8N4O5/c26-25(27,28)19-9-18(24(22(35)36)4-7-38-8-5-24)2-1-15(19)10-31-11-16-13-32(14-17(16)12-31)23(37)33-6-3-20(30-33)21(29)34;21-20(22,23)17-7-16(19(18(26)27)3-5-28-6-4-19)2-1-13(17)10-25-11-14-8-24-9-15(14)12-25;12-10(16)9-5-6-14(13-9)11(17)20-8-3-1-7(2-4-8)15(18)19/h1-3,6,9,16-17H,4-5,7-8,10-14H2,(H2,29,34)(H,35,36);1-2,7,14-15,24H,3-6,8-12H2,(H,26,27);1-6H,(H2,12,16). The summed E-state index contributed by atoms with van der Waals surface area (Å²) < 4.78 is 101. The van der Waals surface area contributed by atoms with E-state index in [0.717, 1.165) is 47.7 Å². The van der Waals surface area contributed by atoms with Crippen LogP contribution in [0.2, 0.25) is 0 Å². The molecule has 0 bridgehead atoms. The van der Waals surface area contributed by atoms with Crippen molar-refractivity contribution >= 4 is 41.6 Å². The molecule has 6 aliphatic heterocycles. The number of nitrogens with zero attached hydrogens (tertiary/aromatic N) is 8.